The third-order valence-corrected chi connectivity index (χ3v) is 6.28. The van der Waals surface area contributed by atoms with E-state index in [2.05, 4.69) is 25.8 Å². The second-order valence-corrected chi connectivity index (χ2v) is 8.41. The van der Waals surface area contributed by atoms with Crippen LogP contribution < -0.4 is 20.9 Å². The Bertz CT molecular complexity index is 1200. The summed E-state index contributed by atoms with van der Waals surface area (Å²) in [4.78, 5) is 57.3. The number of carbonyl (C=O) groups excluding carboxylic acids is 4. The summed E-state index contributed by atoms with van der Waals surface area (Å²) < 4.78 is 14.8. The first-order valence-electron chi connectivity index (χ1n) is 11.1. The Morgan fingerprint density at radius 3 is 2.65 bits per heavy atom. The summed E-state index contributed by atoms with van der Waals surface area (Å²) in [7, 11) is 0. The van der Waals surface area contributed by atoms with Crippen LogP contribution in [0.1, 0.15) is 39.1 Å². The van der Waals surface area contributed by atoms with Crippen LogP contribution in [0.2, 0.25) is 0 Å². The van der Waals surface area contributed by atoms with Gasteiger partial charge in [0.1, 0.15) is 17.7 Å². The van der Waals surface area contributed by atoms with Crippen molar-refractivity contribution < 1.29 is 23.6 Å². The molecule has 2 fully saturated rings. The van der Waals surface area contributed by atoms with Gasteiger partial charge in [-0.05, 0) is 36.2 Å². The summed E-state index contributed by atoms with van der Waals surface area (Å²) in [5, 5.41) is 8.40. The molecule has 5 rings (SSSR count). The van der Waals surface area contributed by atoms with Crippen LogP contribution in [0.4, 0.5) is 15.9 Å². The maximum Gasteiger partial charge on any atom is 0.264 e. The molecular weight excluding hydrogens is 443 g/mol. The van der Waals surface area contributed by atoms with E-state index in [-0.39, 0.29) is 36.2 Å². The lowest BCUT2D eigenvalue weighted by Crippen LogP contribution is -2.54. The number of pyridine rings is 1. The summed E-state index contributed by atoms with van der Waals surface area (Å²) in [5.74, 6) is -2.46. The van der Waals surface area contributed by atoms with Crippen LogP contribution in [0.3, 0.4) is 0 Å². The van der Waals surface area contributed by atoms with Crippen LogP contribution in [0.15, 0.2) is 30.5 Å². The number of carbonyl (C=O) groups is 4. The minimum Gasteiger partial charge on any atom is -0.378 e. The van der Waals surface area contributed by atoms with E-state index in [0.717, 1.165) is 48.5 Å². The molecule has 0 spiro atoms. The first kappa shape index (κ1) is 22.0. The third kappa shape index (κ3) is 3.87. The van der Waals surface area contributed by atoms with E-state index in [0.29, 0.717) is 0 Å². The van der Waals surface area contributed by atoms with Crippen LogP contribution in [-0.2, 0) is 16.1 Å². The van der Waals surface area contributed by atoms with Crippen LogP contribution in [0.25, 0.3) is 0 Å². The summed E-state index contributed by atoms with van der Waals surface area (Å²) in [6.07, 6.45) is 1.73. The van der Waals surface area contributed by atoms with E-state index < -0.39 is 35.5 Å². The smallest absolute Gasteiger partial charge is 0.264 e. The third-order valence-electron chi connectivity index (χ3n) is 6.28. The van der Waals surface area contributed by atoms with Gasteiger partial charge in [-0.1, -0.05) is 0 Å². The van der Waals surface area contributed by atoms with Gasteiger partial charge in [-0.2, -0.15) is 0 Å². The second kappa shape index (κ2) is 8.82. The Hall–Kier alpha value is -3.86. The summed E-state index contributed by atoms with van der Waals surface area (Å²) in [6.45, 7) is 3.60. The number of amides is 4. The maximum atomic E-state index is 14.8. The van der Waals surface area contributed by atoms with E-state index in [4.69, 9.17) is 0 Å². The molecule has 0 saturated carbocycles. The Balaban J connectivity index is 1.38. The second-order valence-electron chi connectivity index (χ2n) is 8.41. The molecule has 4 heterocycles. The molecule has 1 unspecified atom stereocenters. The van der Waals surface area contributed by atoms with Crippen molar-refractivity contribution in [1.82, 2.24) is 20.5 Å². The fraction of sp³-hybridized carbons (Fsp3) is 0.348. The molecule has 4 amide bonds. The van der Waals surface area contributed by atoms with Crippen LogP contribution in [0.5, 0.6) is 0 Å². The van der Waals surface area contributed by atoms with Gasteiger partial charge in [-0.3, -0.25) is 29.4 Å². The van der Waals surface area contributed by atoms with Crippen molar-refractivity contribution in [3.05, 3.63) is 53.0 Å². The summed E-state index contributed by atoms with van der Waals surface area (Å²) in [6, 6.07) is 4.96. The highest BCUT2D eigenvalue weighted by Crippen LogP contribution is 2.34. The van der Waals surface area contributed by atoms with Crippen molar-refractivity contribution in [3.8, 4) is 0 Å². The molecule has 176 valence electrons. The van der Waals surface area contributed by atoms with Crippen LogP contribution in [0, 0.1) is 5.82 Å². The van der Waals surface area contributed by atoms with Gasteiger partial charge >= 0.3 is 0 Å². The summed E-state index contributed by atoms with van der Waals surface area (Å²) >= 11 is 0. The number of imide groups is 2. The van der Waals surface area contributed by atoms with Crippen molar-refractivity contribution in [3.63, 3.8) is 0 Å². The number of piperazine rings is 1. The average Bonchev–Trinajstić information content (AvgIpc) is 3.09. The number of hydrogen-bond donors (Lipinski definition) is 3. The monoisotopic (exact) mass is 466 g/mol. The van der Waals surface area contributed by atoms with Gasteiger partial charge in [-0.25, -0.2) is 9.37 Å². The van der Waals surface area contributed by atoms with Gasteiger partial charge in [-0.15, -0.1) is 0 Å². The molecular formula is C23H23FN6O4. The predicted octanol–water partition coefficient (Wildman–Crippen LogP) is 0.644. The van der Waals surface area contributed by atoms with E-state index in [9.17, 15) is 23.6 Å². The molecule has 10 nitrogen and oxygen atoms in total. The van der Waals surface area contributed by atoms with E-state index in [1.807, 2.05) is 6.07 Å². The highest BCUT2D eigenvalue weighted by atomic mass is 19.1. The first-order chi connectivity index (χ1) is 16.4. The van der Waals surface area contributed by atoms with E-state index in [1.54, 1.807) is 12.3 Å². The van der Waals surface area contributed by atoms with Crippen molar-refractivity contribution in [2.24, 2.45) is 0 Å². The molecule has 0 bridgehead atoms. The molecule has 11 heteroatoms. The standard InChI is InChI=1S/C23H23FN6O4/c24-15-2-1-14-19(23(34)30(22(14)33)16-3-4-18(31)28-21(16)32)20(15)27-12-13-5-6-26-17(11-13)29-9-7-25-8-10-29/h1-2,5-6,11,16,25,27H,3-4,7-10,12H2,(H,28,31,32). The number of rotatable bonds is 5. The van der Waals surface area contributed by atoms with Gasteiger partial charge in [0, 0.05) is 45.3 Å². The van der Waals surface area contributed by atoms with Gasteiger partial charge in [0.05, 0.1) is 16.8 Å². The minimum absolute atomic E-state index is 0.0146. The molecule has 0 radical (unpaired) electrons. The molecule has 1 aromatic heterocycles. The zero-order chi connectivity index (χ0) is 23.8. The molecule has 3 N–H and O–H groups in total. The normalized spacial score (nSPS) is 20.4. The number of halogens is 1. The van der Waals surface area contributed by atoms with E-state index in [1.165, 1.54) is 6.07 Å². The van der Waals surface area contributed by atoms with Crippen molar-refractivity contribution in [1.29, 1.82) is 0 Å². The molecule has 2 saturated heterocycles. The number of hydrogen-bond acceptors (Lipinski definition) is 8. The number of piperidine rings is 1. The number of fused-ring (bicyclic) bond motifs is 1. The number of nitrogens with zero attached hydrogens (tertiary/aromatic N) is 3. The van der Waals surface area contributed by atoms with Crippen LogP contribution in [-0.4, -0.2) is 65.7 Å². The highest BCUT2D eigenvalue weighted by molar-refractivity contribution is 6.25. The fourth-order valence-corrected chi connectivity index (χ4v) is 4.53. The zero-order valence-electron chi connectivity index (χ0n) is 18.3. The molecule has 3 aliphatic rings. The highest BCUT2D eigenvalue weighted by Gasteiger charge is 2.46. The molecule has 2 aromatic rings. The van der Waals surface area contributed by atoms with Crippen molar-refractivity contribution in [2.75, 3.05) is 36.4 Å². The van der Waals surface area contributed by atoms with Gasteiger partial charge in [0.15, 0.2) is 0 Å². The Morgan fingerprint density at radius 1 is 1.09 bits per heavy atom. The lowest BCUT2D eigenvalue weighted by molar-refractivity contribution is -0.136. The minimum atomic E-state index is -1.11. The lowest BCUT2D eigenvalue weighted by atomic mass is 10.0. The fourth-order valence-electron chi connectivity index (χ4n) is 4.53. The molecule has 0 aliphatic carbocycles. The molecule has 34 heavy (non-hydrogen) atoms. The lowest BCUT2D eigenvalue weighted by Gasteiger charge is -2.28. The van der Waals surface area contributed by atoms with Crippen molar-refractivity contribution in [2.45, 2.75) is 25.4 Å². The zero-order valence-corrected chi connectivity index (χ0v) is 18.3. The molecule has 1 aromatic carbocycles. The predicted molar refractivity (Wildman–Crippen MR) is 120 cm³/mol. The molecule has 3 aliphatic heterocycles. The number of anilines is 2. The van der Waals surface area contributed by atoms with E-state index >= 15 is 0 Å². The van der Waals surface area contributed by atoms with Gasteiger partial charge < -0.3 is 15.5 Å². The van der Waals surface area contributed by atoms with Crippen LogP contribution >= 0.6 is 0 Å². The average molecular weight is 466 g/mol. The Kier molecular flexibility index (Phi) is 5.70. The number of benzene rings is 1. The van der Waals surface area contributed by atoms with Gasteiger partial charge in [0.25, 0.3) is 11.8 Å². The van der Waals surface area contributed by atoms with Crippen molar-refractivity contribution >= 4 is 35.1 Å². The SMILES string of the molecule is O=C1CCC(N2C(=O)c3ccc(F)c(NCc4ccnc(N5CCNCC5)c4)c3C2=O)C(=O)N1. The topological polar surface area (TPSA) is 124 Å². The first-order valence-corrected chi connectivity index (χ1v) is 11.1. The van der Waals surface area contributed by atoms with Gasteiger partial charge in [0.2, 0.25) is 11.8 Å². The largest absolute Gasteiger partial charge is 0.378 e. The molecule has 1 atom stereocenters. The maximum absolute atomic E-state index is 14.8. The summed E-state index contributed by atoms with van der Waals surface area (Å²) in [5.41, 5.74) is 0.659. The number of nitrogens with one attached hydrogen (secondary N) is 3. The Labute approximate surface area is 194 Å². The number of aromatic nitrogens is 1. The quantitative estimate of drug-likeness (QED) is 0.549. The Morgan fingerprint density at radius 2 is 1.88 bits per heavy atom.